The molecule has 8 nitrogen and oxygen atoms in total. The summed E-state index contributed by atoms with van der Waals surface area (Å²) in [6.45, 7) is 3.43. The van der Waals surface area contributed by atoms with Crippen LogP contribution in [-0.2, 0) is 25.4 Å². The normalized spacial score (nSPS) is 17.4. The van der Waals surface area contributed by atoms with Gasteiger partial charge in [-0.2, -0.15) is 5.26 Å². The van der Waals surface area contributed by atoms with E-state index in [4.69, 9.17) is 4.74 Å². The van der Waals surface area contributed by atoms with Crippen LogP contribution >= 0.6 is 0 Å². The molecule has 8 heteroatoms. The van der Waals surface area contributed by atoms with Crippen LogP contribution in [0.3, 0.4) is 0 Å². The first-order valence-electron chi connectivity index (χ1n) is 8.83. The van der Waals surface area contributed by atoms with Crippen molar-refractivity contribution >= 4 is 5.82 Å². The van der Waals surface area contributed by atoms with Gasteiger partial charge in [-0.05, 0) is 5.56 Å². The monoisotopic (exact) mass is 369 g/mol. The van der Waals surface area contributed by atoms with Crippen molar-refractivity contribution < 1.29 is 4.74 Å². The maximum absolute atomic E-state index is 12.1. The zero-order chi connectivity index (χ0) is 19.4. The Morgan fingerprint density at radius 2 is 1.96 bits per heavy atom. The van der Waals surface area contributed by atoms with Crippen LogP contribution in [0.4, 0.5) is 5.82 Å². The molecule has 1 N–H and O–H groups in total. The summed E-state index contributed by atoms with van der Waals surface area (Å²) in [5.41, 5.74) is 0.0958. The van der Waals surface area contributed by atoms with Crippen LogP contribution in [0.1, 0.15) is 11.1 Å². The van der Waals surface area contributed by atoms with E-state index in [0.29, 0.717) is 13.2 Å². The Labute approximate surface area is 157 Å². The third-order valence-corrected chi connectivity index (χ3v) is 4.75. The van der Waals surface area contributed by atoms with Crippen molar-refractivity contribution in [2.24, 2.45) is 14.1 Å². The number of rotatable bonds is 5. The Bertz CT molecular complexity index is 958. The molecule has 0 amide bonds. The summed E-state index contributed by atoms with van der Waals surface area (Å²) < 4.78 is 8.02. The van der Waals surface area contributed by atoms with Crippen LogP contribution in [-0.4, -0.2) is 46.4 Å². The van der Waals surface area contributed by atoms with E-state index in [1.54, 1.807) is 0 Å². The predicted octanol–water partition coefficient (Wildman–Crippen LogP) is 0.269. The second kappa shape index (κ2) is 8.20. The summed E-state index contributed by atoms with van der Waals surface area (Å²) >= 11 is 0. The smallest absolute Gasteiger partial charge is 0.332 e. The predicted molar refractivity (Wildman–Crippen MR) is 102 cm³/mol. The molecule has 1 aromatic carbocycles. The topological polar surface area (TPSA) is 92.3 Å². The number of morpholine rings is 1. The van der Waals surface area contributed by atoms with Gasteiger partial charge in [0.05, 0.1) is 12.7 Å². The van der Waals surface area contributed by atoms with Crippen molar-refractivity contribution in [1.29, 1.82) is 5.26 Å². The zero-order valence-electron chi connectivity index (χ0n) is 15.5. The molecule has 2 heterocycles. The number of hydrogen-bond donors (Lipinski definition) is 1. The van der Waals surface area contributed by atoms with Gasteiger partial charge in [0.2, 0.25) is 0 Å². The third-order valence-electron chi connectivity index (χ3n) is 4.75. The second-order valence-electron chi connectivity index (χ2n) is 6.64. The van der Waals surface area contributed by atoms with E-state index in [0.717, 1.165) is 24.2 Å². The number of hydrogen-bond acceptors (Lipinski definition) is 6. The number of nitrogens with one attached hydrogen (secondary N) is 1. The molecule has 3 rings (SSSR count). The molecule has 1 saturated heterocycles. The fourth-order valence-electron chi connectivity index (χ4n) is 3.25. The van der Waals surface area contributed by atoms with Gasteiger partial charge in [-0.3, -0.25) is 18.8 Å². The molecule has 0 bridgehead atoms. The van der Waals surface area contributed by atoms with Crippen LogP contribution in [0.2, 0.25) is 0 Å². The number of aromatic nitrogens is 2. The van der Waals surface area contributed by atoms with Gasteiger partial charge in [0, 0.05) is 40.3 Å². The van der Waals surface area contributed by atoms with Crippen molar-refractivity contribution in [1.82, 2.24) is 14.0 Å². The molecule has 0 radical (unpaired) electrons. The lowest BCUT2D eigenvalue weighted by molar-refractivity contribution is -0.0241. The van der Waals surface area contributed by atoms with E-state index in [1.807, 2.05) is 24.3 Å². The van der Waals surface area contributed by atoms with E-state index >= 15 is 0 Å². The fourth-order valence-corrected chi connectivity index (χ4v) is 3.25. The molecule has 0 spiro atoms. The number of nitriles is 1. The Balaban J connectivity index is 1.69. The Kier molecular flexibility index (Phi) is 5.74. The Hall–Kier alpha value is -2.89. The minimum Gasteiger partial charge on any atom is -0.374 e. The number of benzene rings is 1. The van der Waals surface area contributed by atoms with Gasteiger partial charge in [-0.15, -0.1) is 0 Å². The lowest BCUT2D eigenvalue weighted by Crippen LogP contribution is -2.46. The van der Waals surface area contributed by atoms with Gasteiger partial charge in [-0.25, -0.2) is 4.79 Å². The van der Waals surface area contributed by atoms with Crippen molar-refractivity contribution in [3.05, 3.63) is 62.3 Å². The summed E-state index contributed by atoms with van der Waals surface area (Å²) in [4.78, 5) is 26.6. The van der Waals surface area contributed by atoms with Crippen LogP contribution in [0.25, 0.3) is 0 Å². The molecular formula is C19H23N5O3. The molecule has 1 unspecified atom stereocenters. The molecule has 0 saturated carbocycles. The lowest BCUT2D eigenvalue weighted by Gasteiger charge is -2.33. The average Bonchev–Trinajstić information content (AvgIpc) is 2.69. The maximum Gasteiger partial charge on any atom is 0.332 e. The summed E-state index contributed by atoms with van der Waals surface area (Å²) in [6, 6.07) is 12.1. The van der Waals surface area contributed by atoms with Crippen LogP contribution in [0.15, 0.2) is 39.9 Å². The number of ether oxygens (including phenoxy) is 1. The molecule has 1 aliphatic rings. The first-order valence-corrected chi connectivity index (χ1v) is 8.83. The highest BCUT2D eigenvalue weighted by atomic mass is 16.5. The highest BCUT2D eigenvalue weighted by Crippen LogP contribution is 2.12. The first-order chi connectivity index (χ1) is 13.0. The summed E-state index contributed by atoms with van der Waals surface area (Å²) in [5, 5.41) is 12.4. The van der Waals surface area contributed by atoms with E-state index in [1.165, 1.54) is 24.2 Å². The molecule has 1 fully saturated rings. The molecule has 142 valence electrons. The Morgan fingerprint density at radius 1 is 1.22 bits per heavy atom. The summed E-state index contributed by atoms with van der Waals surface area (Å²) in [5.74, 6) is 0.231. The van der Waals surface area contributed by atoms with Gasteiger partial charge < -0.3 is 10.1 Å². The quantitative estimate of drug-likeness (QED) is 0.813. The van der Waals surface area contributed by atoms with Gasteiger partial charge in [0.15, 0.2) is 5.56 Å². The van der Waals surface area contributed by atoms with Crippen LogP contribution < -0.4 is 16.6 Å². The van der Waals surface area contributed by atoms with E-state index < -0.39 is 11.2 Å². The van der Waals surface area contributed by atoms with Crippen molar-refractivity contribution in [2.45, 2.75) is 12.6 Å². The first kappa shape index (κ1) is 18.9. The van der Waals surface area contributed by atoms with Gasteiger partial charge >= 0.3 is 5.69 Å². The SMILES string of the molecule is Cn1c(NCC2CN(Cc3ccccc3)CCO2)c(C#N)c(=O)n(C)c1=O. The van der Waals surface area contributed by atoms with Gasteiger partial charge in [-0.1, -0.05) is 30.3 Å². The zero-order valence-corrected chi connectivity index (χ0v) is 15.5. The van der Waals surface area contributed by atoms with Gasteiger partial charge in [0.1, 0.15) is 11.9 Å². The summed E-state index contributed by atoms with van der Waals surface area (Å²) in [7, 11) is 2.90. The number of anilines is 1. The van der Waals surface area contributed by atoms with E-state index in [9.17, 15) is 14.9 Å². The minimum atomic E-state index is -0.599. The van der Waals surface area contributed by atoms with Crippen LogP contribution in [0.5, 0.6) is 0 Å². The Morgan fingerprint density at radius 3 is 2.67 bits per heavy atom. The third kappa shape index (κ3) is 4.10. The van der Waals surface area contributed by atoms with Crippen molar-refractivity contribution in [3.8, 4) is 6.07 Å². The largest absolute Gasteiger partial charge is 0.374 e. The molecule has 1 atom stereocenters. The molecule has 1 aromatic heterocycles. The van der Waals surface area contributed by atoms with Crippen molar-refractivity contribution in [3.63, 3.8) is 0 Å². The van der Waals surface area contributed by atoms with Gasteiger partial charge in [0.25, 0.3) is 5.56 Å². The van der Waals surface area contributed by atoms with Crippen LogP contribution in [0, 0.1) is 11.3 Å². The highest BCUT2D eigenvalue weighted by molar-refractivity contribution is 5.51. The van der Waals surface area contributed by atoms with E-state index in [2.05, 4.69) is 22.3 Å². The summed E-state index contributed by atoms with van der Waals surface area (Å²) in [6.07, 6.45) is -0.104. The molecule has 1 aliphatic heterocycles. The minimum absolute atomic E-state index is 0.0726. The second-order valence-corrected chi connectivity index (χ2v) is 6.64. The standard InChI is InChI=1S/C19H23N5O3/c1-22-17(16(10-20)18(25)23(2)19(22)26)21-11-15-13-24(8-9-27-15)12-14-6-4-3-5-7-14/h3-7,15,21H,8-9,11-13H2,1-2H3. The number of nitrogens with zero attached hydrogens (tertiary/aromatic N) is 4. The molecular weight excluding hydrogens is 346 g/mol. The highest BCUT2D eigenvalue weighted by Gasteiger charge is 2.22. The fraction of sp³-hybridized carbons (Fsp3) is 0.421. The van der Waals surface area contributed by atoms with E-state index in [-0.39, 0.29) is 17.5 Å². The molecule has 27 heavy (non-hydrogen) atoms. The lowest BCUT2D eigenvalue weighted by atomic mass is 10.2. The maximum atomic E-state index is 12.1. The van der Waals surface area contributed by atoms with Crippen molar-refractivity contribution in [2.75, 3.05) is 31.6 Å². The molecule has 2 aromatic rings. The molecule has 0 aliphatic carbocycles. The average molecular weight is 369 g/mol.